The van der Waals surface area contributed by atoms with Crippen LogP contribution in [0.3, 0.4) is 0 Å². The summed E-state index contributed by atoms with van der Waals surface area (Å²) in [5.41, 5.74) is 0.572. The first kappa shape index (κ1) is 28.7. The minimum atomic E-state index is -4.77. The summed E-state index contributed by atoms with van der Waals surface area (Å²) in [5.74, 6) is 0.205. The first-order chi connectivity index (χ1) is 14.9. The topological polar surface area (TPSA) is 127 Å². The van der Waals surface area contributed by atoms with Crippen LogP contribution >= 0.6 is 0 Å². The van der Waals surface area contributed by atoms with Crippen LogP contribution in [0.25, 0.3) is 0 Å². The van der Waals surface area contributed by atoms with Crippen molar-refractivity contribution in [2.75, 3.05) is 0 Å². The highest BCUT2D eigenvalue weighted by molar-refractivity contribution is 7.81. The lowest BCUT2D eigenvalue weighted by Crippen LogP contribution is -2.09. The molecular weight excluding hydrogens is 456 g/mol. The largest absolute Gasteiger partial charge is 0.446 e. The molecule has 0 aromatic heterocycles. The van der Waals surface area contributed by atoms with Crippen LogP contribution in [0, 0.1) is 5.92 Å². The van der Waals surface area contributed by atoms with Crippen molar-refractivity contribution in [1.82, 2.24) is 0 Å². The van der Waals surface area contributed by atoms with Gasteiger partial charge >= 0.3 is 20.8 Å². The van der Waals surface area contributed by atoms with E-state index in [4.69, 9.17) is 9.11 Å². The lowest BCUT2D eigenvalue weighted by atomic mass is 10.0. The van der Waals surface area contributed by atoms with Gasteiger partial charge in [-0.2, -0.15) is 16.8 Å². The molecule has 1 aromatic carbocycles. The van der Waals surface area contributed by atoms with Crippen LogP contribution in [0.5, 0.6) is 11.5 Å². The van der Waals surface area contributed by atoms with E-state index in [0.29, 0.717) is 12.0 Å². The van der Waals surface area contributed by atoms with Gasteiger partial charge in [-0.05, 0) is 36.5 Å². The van der Waals surface area contributed by atoms with Gasteiger partial charge in [-0.15, -0.1) is 0 Å². The van der Waals surface area contributed by atoms with E-state index in [-0.39, 0.29) is 11.5 Å². The van der Waals surface area contributed by atoms with E-state index in [1.165, 1.54) is 63.5 Å². The van der Waals surface area contributed by atoms with Crippen LogP contribution < -0.4 is 8.37 Å². The first-order valence-electron chi connectivity index (χ1n) is 11.4. The van der Waals surface area contributed by atoms with Gasteiger partial charge in [0.05, 0.1) is 0 Å². The maximum absolute atomic E-state index is 10.9. The standard InChI is InChI=1S/C22H38O8S2/c1-19(2)14-12-10-8-6-4-3-5-7-9-11-13-15-20-16-21(29-31(23,24)25)18-22(17-20)30-32(26,27)28/h16-19H,3-15H2,1-2H3,(H,23,24,25)(H,26,27,28). The molecule has 0 saturated carbocycles. The van der Waals surface area contributed by atoms with Crippen molar-refractivity contribution in [3.63, 3.8) is 0 Å². The predicted octanol–water partition coefficient (Wildman–Crippen LogP) is 5.93. The van der Waals surface area contributed by atoms with Gasteiger partial charge in [0.2, 0.25) is 0 Å². The van der Waals surface area contributed by atoms with E-state index in [0.717, 1.165) is 37.7 Å². The second kappa shape index (κ2) is 14.7. The van der Waals surface area contributed by atoms with Crippen molar-refractivity contribution >= 4 is 20.8 Å². The molecule has 0 heterocycles. The lowest BCUT2D eigenvalue weighted by molar-refractivity contribution is 0.381. The highest BCUT2D eigenvalue weighted by Crippen LogP contribution is 2.26. The van der Waals surface area contributed by atoms with Gasteiger partial charge in [-0.3, -0.25) is 9.11 Å². The molecule has 2 N–H and O–H groups in total. The summed E-state index contributed by atoms with van der Waals surface area (Å²) in [6.07, 6.45) is 15.0. The Morgan fingerprint density at radius 1 is 0.656 bits per heavy atom. The molecule has 0 aliphatic heterocycles. The fourth-order valence-corrected chi connectivity index (χ4v) is 4.27. The quantitative estimate of drug-likeness (QED) is 0.190. The summed E-state index contributed by atoms with van der Waals surface area (Å²) in [6, 6.07) is 3.72. The van der Waals surface area contributed by atoms with Crippen LogP contribution in [0.1, 0.15) is 96.5 Å². The van der Waals surface area contributed by atoms with Crippen molar-refractivity contribution in [2.45, 2.75) is 97.3 Å². The summed E-state index contributed by atoms with van der Waals surface area (Å²) in [4.78, 5) is 0. The third-order valence-electron chi connectivity index (χ3n) is 5.09. The summed E-state index contributed by atoms with van der Waals surface area (Å²) in [5, 5.41) is 0. The van der Waals surface area contributed by atoms with Crippen molar-refractivity contribution in [1.29, 1.82) is 0 Å². The fraction of sp³-hybridized carbons (Fsp3) is 0.727. The lowest BCUT2D eigenvalue weighted by Gasteiger charge is -2.09. The van der Waals surface area contributed by atoms with Gasteiger partial charge in [-0.1, -0.05) is 84.5 Å². The molecular formula is C22H38O8S2. The monoisotopic (exact) mass is 494 g/mol. The van der Waals surface area contributed by atoms with E-state index < -0.39 is 20.8 Å². The number of rotatable bonds is 18. The maximum Gasteiger partial charge on any atom is 0.446 e. The second-order valence-corrected chi connectivity index (χ2v) is 10.7. The summed E-state index contributed by atoms with van der Waals surface area (Å²) in [7, 11) is -9.55. The third kappa shape index (κ3) is 16.3. The molecule has 0 aliphatic carbocycles. The molecule has 0 radical (unpaired) electrons. The molecule has 0 saturated heterocycles. The highest BCUT2D eigenvalue weighted by atomic mass is 32.3. The third-order valence-corrected chi connectivity index (χ3v) is 5.90. The maximum atomic E-state index is 10.9. The number of hydrogen-bond acceptors (Lipinski definition) is 6. The van der Waals surface area contributed by atoms with Crippen molar-refractivity contribution in [2.24, 2.45) is 5.92 Å². The molecule has 32 heavy (non-hydrogen) atoms. The van der Waals surface area contributed by atoms with Gasteiger partial charge in [0.15, 0.2) is 0 Å². The average molecular weight is 495 g/mol. The molecule has 1 rings (SSSR count). The molecule has 0 atom stereocenters. The molecule has 0 amide bonds. The number of unbranched alkanes of at least 4 members (excludes halogenated alkanes) is 10. The Balaban J connectivity index is 2.29. The van der Waals surface area contributed by atoms with Gasteiger partial charge in [0, 0.05) is 6.07 Å². The molecule has 0 spiro atoms. The number of benzene rings is 1. The summed E-state index contributed by atoms with van der Waals surface area (Å²) in [6.45, 7) is 4.54. The molecule has 0 fully saturated rings. The van der Waals surface area contributed by atoms with Gasteiger partial charge in [0.1, 0.15) is 11.5 Å². The molecule has 1 aromatic rings. The van der Waals surface area contributed by atoms with Gasteiger partial charge in [0.25, 0.3) is 0 Å². The van der Waals surface area contributed by atoms with Crippen LogP contribution in [-0.4, -0.2) is 25.9 Å². The zero-order valence-electron chi connectivity index (χ0n) is 19.2. The Morgan fingerprint density at radius 2 is 1.03 bits per heavy atom. The number of hydrogen-bond donors (Lipinski definition) is 2. The minimum Gasteiger partial charge on any atom is -0.362 e. The number of aryl methyl sites for hydroxylation is 1. The van der Waals surface area contributed by atoms with Crippen LogP contribution in [0.4, 0.5) is 0 Å². The Bertz CT molecular complexity index is 812. The van der Waals surface area contributed by atoms with Crippen LogP contribution in [-0.2, 0) is 27.2 Å². The molecule has 186 valence electrons. The molecule has 0 aliphatic rings. The zero-order chi connectivity index (χ0) is 24.0. The first-order valence-corrected chi connectivity index (χ1v) is 14.2. The van der Waals surface area contributed by atoms with Crippen molar-refractivity contribution in [3.05, 3.63) is 23.8 Å². The van der Waals surface area contributed by atoms with E-state index in [1.807, 2.05) is 0 Å². The molecule has 8 nitrogen and oxygen atoms in total. The Morgan fingerprint density at radius 3 is 1.41 bits per heavy atom. The summed E-state index contributed by atoms with van der Waals surface area (Å²) >= 11 is 0. The minimum absolute atomic E-state index is 0.298. The van der Waals surface area contributed by atoms with E-state index in [9.17, 15) is 16.8 Å². The van der Waals surface area contributed by atoms with E-state index >= 15 is 0 Å². The molecule has 0 unspecified atom stereocenters. The van der Waals surface area contributed by atoms with Gasteiger partial charge < -0.3 is 8.37 Å². The predicted molar refractivity (Wildman–Crippen MR) is 125 cm³/mol. The second-order valence-electron chi connectivity index (χ2n) is 8.66. The molecule has 10 heteroatoms. The van der Waals surface area contributed by atoms with Crippen molar-refractivity contribution < 1.29 is 34.3 Å². The highest BCUT2D eigenvalue weighted by Gasteiger charge is 2.14. The average Bonchev–Trinajstić information content (AvgIpc) is 2.62. The molecule has 0 bridgehead atoms. The zero-order valence-corrected chi connectivity index (χ0v) is 20.8. The van der Waals surface area contributed by atoms with E-state index in [1.54, 1.807) is 0 Å². The van der Waals surface area contributed by atoms with Crippen LogP contribution in [0.15, 0.2) is 18.2 Å². The smallest absolute Gasteiger partial charge is 0.362 e. The normalized spacial score (nSPS) is 12.3. The SMILES string of the molecule is CC(C)CCCCCCCCCCCCCc1cc(OS(=O)(=O)O)cc(OS(=O)(=O)O)c1. The summed E-state index contributed by atoms with van der Waals surface area (Å²) < 4.78 is 70.2. The Labute approximate surface area is 193 Å². The fourth-order valence-electron chi connectivity index (χ4n) is 3.59. The Hall–Kier alpha value is -1.36. The van der Waals surface area contributed by atoms with Gasteiger partial charge in [-0.25, -0.2) is 0 Å². The Kier molecular flexibility index (Phi) is 13.2. The van der Waals surface area contributed by atoms with E-state index in [2.05, 4.69) is 22.2 Å². The van der Waals surface area contributed by atoms with Crippen LogP contribution in [0.2, 0.25) is 0 Å². The van der Waals surface area contributed by atoms with Crippen molar-refractivity contribution in [3.8, 4) is 11.5 Å².